The number of benzene rings is 2. The Kier molecular flexibility index (Phi) is 6.16. The topological polar surface area (TPSA) is 73.2 Å². The third kappa shape index (κ3) is 4.82. The molecule has 3 rings (SSSR count). The number of para-hydroxylation sites is 1. The number of carbonyl (C=O) groups is 1. The van der Waals surface area contributed by atoms with Crippen LogP contribution in [0.25, 0.3) is 11.3 Å². The number of anilines is 1. The monoisotopic (exact) mass is 381 g/mol. The molecule has 0 aliphatic heterocycles. The van der Waals surface area contributed by atoms with Gasteiger partial charge >= 0.3 is 0 Å². The van der Waals surface area contributed by atoms with Crippen LogP contribution in [0.1, 0.15) is 12.8 Å². The first kappa shape index (κ1) is 19.3. The maximum Gasteiger partial charge on any atom is 0.266 e. The lowest BCUT2D eigenvalue weighted by molar-refractivity contribution is -0.116. The lowest BCUT2D eigenvalue weighted by Crippen LogP contribution is -2.23. The molecule has 144 valence electrons. The molecule has 0 aliphatic rings. The van der Waals surface area contributed by atoms with Gasteiger partial charge in [0.15, 0.2) is 0 Å². The Morgan fingerprint density at radius 2 is 1.86 bits per heavy atom. The number of halogens is 1. The molecule has 6 nitrogen and oxygen atoms in total. The number of nitrogens with one attached hydrogen (secondary N) is 1. The molecule has 0 atom stereocenters. The molecule has 0 aliphatic carbocycles. The predicted molar refractivity (Wildman–Crippen MR) is 105 cm³/mol. The van der Waals surface area contributed by atoms with Crippen molar-refractivity contribution < 1.29 is 13.9 Å². The van der Waals surface area contributed by atoms with Crippen molar-refractivity contribution in [1.29, 1.82) is 0 Å². The average Bonchev–Trinajstić information content (AvgIpc) is 2.71. The highest BCUT2D eigenvalue weighted by molar-refractivity contribution is 5.90. The highest BCUT2D eigenvalue weighted by atomic mass is 19.1. The second kappa shape index (κ2) is 8.94. The van der Waals surface area contributed by atoms with E-state index in [0.29, 0.717) is 12.1 Å². The number of aryl methyl sites for hydroxylation is 1. The molecule has 28 heavy (non-hydrogen) atoms. The van der Waals surface area contributed by atoms with Gasteiger partial charge in [-0.2, -0.15) is 5.10 Å². The summed E-state index contributed by atoms with van der Waals surface area (Å²) in [6, 6.07) is 16.4. The number of hydrogen-bond acceptors (Lipinski definition) is 4. The minimum absolute atomic E-state index is 0.143. The Morgan fingerprint density at radius 1 is 1.11 bits per heavy atom. The fourth-order valence-electron chi connectivity index (χ4n) is 2.69. The minimum Gasteiger partial charge on any atom is -0.497 e. The maximum absolute atomic E-state index is 13.6. The van der Waals surface area contributed by atoms with Crippen LogP contribution < -0.4 is 15.6 Å². The number of hydrogen-bond donors (Lipinski definition) is 1. The van der Waals surface area contributed by atoms with Crippen LogP contribution in [0.3, 0.4) is 0 Å². The van der Waals surface area contributed by atoms with Gasteiger partial charge in [0.25, 0.3) is 5.56 Å². The second-order valence-electron chi connectivity index (χ2n) is 6.14. The molecule has 0 saturated heterocycles. The molecule has 0 spiro atoms. The maximum atomic E-state index is 13.6. The van der Waals surface area contributed by atoms with Crippen molar-refractivity contribution in [1.82, 2.24) is 9.78 Å². The summed E-state index contributed by atoms with van der Waals surface area (Å²) in [4.78, 5) is 24.0. The van der Waals surface area contributed by atoms with Crippen LogP contribution in [0, 0.1) is 5.82 Å². The smallest absolute Gasteiger partial charge is 0.266 e. The van der Waals surface area contributed by atoms with Gasteiger partial charge in [-0.05, 0) is 48.9 Å². The van der Waals surface area contributed by atoms with E-state index in [1.807, 2.05) is 24.3 Å². The van der Waals surface area contributed by atoms with Crippen molar-refractivity contribution in [3.8, 4) is 17.0 Å². The molecule has 0 fully saturated rings. The van der Waals surface area contributed by atoms with Gasteiger partial charge in [-0.15, -0.1) is 0 Å². The molecule has 1 N–H and O–H groups in total. The van der Waals surface area contributed by atoms with Gasteiger partial charge < -0.3 is 10.1 Å². The van der Waals surface area contributed by atoms with Crippen LogP contribution in [-0.4, -0.2) is 22.8 Å². The molecule has 3 aromatic rings. The van der Waals surface area contributed by atoms with E-state index in [0.717, 1.165) is 11.3 Å². The van der Waals surface area contributed by atoms with Crippen molar-refractivity contribution in [2.75, 3.05) is 12.4 Å². The summed E-state index contributed by atoms with van der Waals surface area (Å²) in [5.41, 5.74) is 1.40. The summed E-state index contributed by atoms with van der Waals surface area (Å²) in [5.74, 6) is -0.0664. The lowest BCUT2D eigenvalue weighted by atomic mass is 10.1. The average molecular weight is 381 g/mol. The quantitative estimate of drug-likeness (QED) is 0.680. The Balaban J connectivity index is 1.61. The van der Waals surface area contributed by atoms with Crippen LogP contribution in [-0.2, 0) is 11.3 Å². The van der Waals surface area contributed by atoms with E-state index in [-0.39, 0.29) is 30.1 Å². The van der Waals surface area contributed by atoms with Gasteiger partial charge in [-0.3, -0.25) is 9.59 Å². The molecule has 0 unspecified atom stereocenters. The van der Waals surface area contributed by atoms with E-state index in [1.165, 1.54) is 22.9 Å². The number of rotatable bonds is 7. The standard InChI is InChI=1S/C21H20FN3O3/c1-28-16-10-8-15(9-11-16)18-12-13-21(27)25(24-18)14-4-7-20(26)23-19-6-3-2-5-17(19)22/h2-3,5-6,8-13H,4,7,14H2,1H3,(H,23,26). The molecule has 0 radical (unpaired) electrons. The van der Waals surface area contributed by atoms with Crippen LogP contribution in [0.5, 0.6) is 5.75 Å². The summed E-state index contributed by atoms with van der Waals surface area (Å²) in [6.45, 7) is 0.285. The SMILES string of the molecule is COc1ccc(-c2ccc(=O)n(CCCC(=O)Nc3ccccc3F)n2)cc1. The van der Waals surface area contributed by atoms with Crippen LogP contribution in [0.4, 0.5) is 10.1 Å². The molecular formula is C21H20FN3O3. The highest BCUT2D eigenvalue weighted by Crippen LogP contribution is 2.19. The van der Waals surface area contributed by atoms with Crippen LogP contribution >= 0.6 is 0 Å². The van der Waals surface area contributed by atoms with Gasteiger partial charge in [-0.25, -0.2) is 9.07 Å². The van der Waals surface area contributed by atoms with E-state index in [2.05, 4.69) is 10.4 Å². The third-order valence-electron chi connectivity index (χ3n) is 4.17. The highest BCUT2D eigenvalue weighted by Gasteiger charge is 2.08. The molecule has 7 heteroatoms. The van der Waals surface area contributed by atoms with E-state index < -0.39 is 5.82 Å². The number of methoxy groups -OCH3 is 1. The van der Waals surface area contributed by atoms with E-state index in [4.69, 9.17) is 4.74 Å². The Morgan fingerprint density at radius 3 is 2.57 bits per heavy atom. The lowest BCUT2D eigenvalue weighted by Gasteiger charge is -2.09. The van der Waals surface area contributed by atoms with Gasteiger partial charge in [0.05, 0.1) is 18.5 Å². The first-order valence-corrected chi connectivity index (χ1v) is 8.84. The zero-order valence-corrected chi connectivity index (χ0v) is 15.4. The fraction of sp³-hybridized carbons (Fsp3) is 0.190. The molecular weight excluding hydrogens is 361 g/mol. The van der Waals surface area contributed by atoms with Crippen molar-refractivity contribution >= 4 is 11.6 Å². The van der Waals surface area contributed by atoms with Crippen LogP contribution in [0.2, 0.25) is 0 Å². The van der Waals surface area contributed by atoms with Crippen molar-refractivity contribution in [3.63, 3.8) is 0 Å². The molecule has 0 bridgehead atoms. The summed E-state index contributed by atoms with van der Waals surface area (Å²) < 4.78 is 20.0. The number of aromatic nitrogens is 2. The van der Waals surface area contributed by atoms with Crippen LogP contribution in [0.15, 0.2) is 65.5 Å². The van der Waals surface area contributed by atoms with Gasteiger partial charge in [-0.1, -0.05) is 12.1 Å². The van der Waals surface area contributed by atoms with Gasteiger partial charge in [0.1, 0.15) is 11.6 Å². The zero-order chi connectivity index (χ0) is 19.9. The molecule has 2 aromatic carbocycles. The Labute approximate surface area is 161 Å². The largest absolute Gasteiger partial charge is 0.497 e. The number of amides is 1. The molecule has 0 saturated carbocycles. The molecule has 1 aromatic heterocycles. The van der Waals surface area contributed by atoms with Gasteiger partial charge in [0, 0.05) is 24.6 Å². The molecule has 1 amide bonds. The normalized spacial score (nSPS) is 10.5. The number of nitrogens with zero attached hydrogens (tertiary/aromatic N) is 2. The predicted octanol–water partition coefficient (Wildman–Crippen LogP) is 3.48. The van der Waals surface area contributed by atoms with E-state index in [9.17, 15) is 14.0 Å². The summed E-state index contributed by atoms with van der Waals surface area (Å²) >= 11 is 0. The first-order chi connectivity index (χ1) is 13.6. The van der Waals surface area contributed by atoms with Crippen molar-refractivity contribution in [3.05, 3.63) is 76.8 Å². The zero-order valence-electron chi connectivity index (χ0n) is 15.4. The van der Waals surface area contributed by atoms with E-state index >= 15 is 0 Å². The summed E-state index contributed by atoms with van der Waals surface area (Å²) in [6.07, 6.45) is 0.550. The Hall–Kier alpha value is -3.48. The summed E-state index contributed by atoms with van der Waals surface area (Å²) in [7, 11) is 1.59. The first-order valence-electron chi connectivity index (χ1n) is 8.84. The number of carbonyl (C=O) groups excluding carboxylic acids is 1. The van der Waals surface area contributed by atoms with E-state index in [1.54, 1.807) is 25.3 Å². The molecule has 1 heterocycles. The minimum atomic E-state index is -0.485. The van der Waals surface area contributed by atoms with Gasteiger partial charge in [0.2, 0.25) is 5.91 Å². The van der Waals surface area contributed by atoms with Crippen molar-refractivity contribution in [2.24, 2.45) is 0 Å². The van der Waals surface area contributed by atoms with Crippen molar-refractivity contribution in [2.45, 2.75) is 19.4 Å². The number of ether oxygens (including phenoxy) is 1. The fourth-order valence-corrected chi connectivity index (χ4v) is 2.69. The summed E-state index contributed by atoms with van der Waals surface area (Å²) in [5, 5.41) is 6.89. The second-order valence-corrected chi connectivity index (χ2v) is 6.14. The Bertz CT molecular complexity index is 1020. The third-order valence-corrected chi connectivity index (χ3v) is 4.17.